The number of hydrogen-bond acceptors (Lipinski definition) is 2. The van der Waals surface area contributed by atoms with Crippen LogP contribution in [0.25, 0.3) is 0 Å². The fraction of sp³-hybridized carbons (Fsp3) is 1.00. The molecule has 2 heteroatoms. The van der Waals surface area contributed by atoms with Crippen LogP contribution in [0, 0.1) is 11.8 Å². The van der Waals surface area contributed by atoms with Crippen LogP contribution in [0.1, 0.15) is 25.7 Å². The van der Waals surface area contributed by atoms with E-state index in [2.05, 4.69) is 17.3 Å². The van der Waals surface area contributed by atoms with E-state index in [0.29, 0.717) is 0 Å². The summed E-state index contributed by atoms with van der Waals surface area (Å²) < 4.78 is 0. The molecule has 1 saturated heterocycles. The van der Waals surface area contributed by atoms with Crippen LogP contribution in [0.2, 0.25) is 0 Å². The van der Waals surface area contributed by atoms with E-state index in [1.807, 2.05) is 0 Å². The van der Waals surface area contributed by atoms with Gasteiger partial charge in [-0.3, -0.25) is 0 Å². The van der Waals surface area contributed by atoms with Gasteiger partial charge in [-0.05, 0) is 57.7 Å². The second-order valence-electron chi connectivity index (χ2n) is 4.77. The number of rotatable bonds is 4. The quantitative estimate of drug-likeness (QED) is 0.705. The summed E-state index contributed by atoms with van der Waals surface area (Å²) in [6.07, 6.45) is 5.83. The van der Waals surface area contributed by atoms with Crippen LogP contribution in [-0.2, 0) is 0 Å². The average Bonchev–Trinajstić information content (AvgIpc) is 2.90. The van der Waals surface area contributed by atoms with Crippen molar-refractivity contribution >= 4 is 0 Å². The minimum atomic E-state index is 0.914. The molecule has 1 aliphatic heterocycles. The van der Waals surface area contributed by atoms with E-state index in [1.54, 1.807) is 0 Å². The lowest BCUT2D eigenvalue weighted by atomic mass is 9.98. The van der Waals surface area contributed by atoms with Crippen molar-refractivity contribution in [2.24, 2.45) is 11.8 Å². The van der Waals surface area contributed by atoms with Gasteiger partial charge < -0.3 is 10.2 Å². The molecular weight excluding hydrogens is 160 g/mol. The zero-order valence-corrected chi connectivity index (χ0v) is 8.76. The Labute approximate surface area is 81.7 Å². The average molecular weight is 182 g/mol. The number of nitrogens with one attached hydrogen (secondary N) is 1. The van der Waals surface area contributed by atoms with Gasteiger partial charge in [0.05, 0.1) is 0 Å². The first kappa shape index (κ1) is 9.47. The Morgan fingerprint density at radius 3 is 2.77 bits per heavy atom. The molecule has 0 amide bonds. The predicted octanol–water partition coefficient (Wildman–Crippen LogP) is 1.33. The second-order valence-corrected chi connectivity index (χ2v) is 4.77. The first-order valence-corrected chi connectivity index (χ1v) is 5.75. The van der Waals surface area contributed by atoms with Crippen molar-refractivity contribution in [3.63, 3.8) is 0 Å². The van der Waals surface area contributed by atoms with Gasteiger partial charge in [-0.2, -0.15) is 0 Å². The number of piperidine rings is 1. The van der Waals surface area contributed by atoms with Crippen LogP contribution in [0.3, 0.4) is 0 Å². The molecule has 1 saturated carbocycles. The van der Waals surface area contributed by atoms with Crippen LogP contribution in [0.4, 0.5) is 0 Å². The molecule has 1 N–H and O–H groups in total. The van der Waals surface area contributed by atoms with Crippen molar-refractivity contribution in [1.82, 2.24) is 10.2 Å². The second kappa shape index (κ2) is 4.43. The van der Waals surface area contributed by atoms with Crippen molar-refractivity contribution < 1.29 is 0 Å². The Balaban J connectivity index is 1.70. The summed E-state index contributed by atoms with van der Waals surface area (Å²) >= 11 is 0. The molecule has 0 aromatic carbocycles. The monoisotopic (exact) mass is 182 g/mol. The highest BCUT2D eigenvalue weighted by molar-refractivity contribution is 4.81. The number of likely N-dealkylation sites (tertiary alicyclic amines) is 1. The molecule has 1 heterocycles. The van der Waals surface area contributed by atoms with E-state index in [4.69, 9.17) is 0 Å². The maximum atomic E-state index is 3.30. The van der Waals surface area contributed by atoms with Crippen LogP contribution in [-0.4, -0.2) is 38.1 Å². The Kier molecular flexibility index (Phi) is 3.23. The Morgan fingerprint density at radius 2 is 2.08 bits per heavy atom. The van der Waals surface area contributed by atoms with Crippen molar-refractivity contribution in [3.8, 4) is 0 Å². The van der Waals surface area contributed by atoms with Gasteiger partial charge in [0.1, 0.15) is 0 Å². The molecule has 13 heavy (non-hydrogen) atoms. The standard InChI is InChI=1S/C11H22N2/c1-12-7-11-3-2-6-13(9-11)8-10-4-5-10/h10-12H,2-9H2,1H3. The smallest absolute Gasteiger partial charge is 0.00219 e. The van der Waals surface area contributed by atoms with Gasteiger partial charge in [0, 0.05) is 13.1 Å². The molecule has 1 unspecified atom stereocenters. The lowest BCUT2D eigenvalue weighted by Gasteiger charge is -2.32. The van der Waals surface area contributed by atoms with Crippen LogP contribution in [0.5, 0.6) is 0 Å². The van der Waals surface area contributed by atoms with Crippen LogP contribution in [0.15, 0.2) is 0 Å². The topological polar surface area (TPSA) is 15.3 Å². The number of nitrogens with zero attached hydrogens (tertiary/aromatic N) is 1. The summed E-state index contributed by atoms with van der Waals surface area (Å²) in [6.45, 7) is 5.30. The molecule has 1 atom stereocenters. The lowest BCUT2D eigenvalue weighted by molar-refractivity contribution is 0.168. The molecule has 2 rings (SSSR count). The molecule has 1 aliphatic carbocycles. The third kappa shape index (κ3) is 2.96. The van der Waals surface area contributed by atoms with Gasteiger partial charge in [0.25, 0.3) is 0 Å². The van der Waals surface area contributed by atoms with E-state index in [9.17, 15) is 0 Å². The van der Waals surface area contributed by atoms with Crippen LogP contribution >= 0.6 is 0 Å². The van der Waals surface area contributed by atoms with Gasteiger partial charge in [-0.1, -0.05) is 0 Å². The normalized spacial score (nSPS) is 30.7. The number of hydrogen-bond donors (Lipinski definition) is 1. The van der Waals surface area contributed by atoms with Crippen molar-refractivity contribution in [1.29, 1.82) is 0 Å². The van der Waals surface area contributed by atoms with E-state index in [1.165, 1.54) is 51.9 Å². The Morgan fingerprint density at radius 1 is 1.23 bits per heavy atom. The summed E-state index contributed by atoms with van der Waals surface area (Å²) in [7, 11) is 2.07. The van der Waals surface area contributed by atoms with Crippen molar-refractivity contribution in [2.45, 2.75) is 25.7 Å². The highest BCUT2D eigenvalue weighted by atomic mass is 15.1. The fourth-order valence-corrected chi connectivity index (χ4v) is 2.44. The minimum absolute atomic E-state index is 0.914. The minimum Gasteiger partial charge on any atom is -0.319 e. The fourth-order valence-electron chi connectivity index (χ4n) is 2.44. The highest BCUT2D eigenvalue weighted by Gasteiger charge is 2.27. The summed E-state index contributed by atoms with van der Waals surface area (Å²) in [5, 5.41) is 3.30. The molecule has 2 aliphatic rings. The van der Waals surface area contributed by atoms with Gasteiger partial charge in [-0.25, -0.2) is 0 Å². The molecule has 0 aromatic rings. The van der Waals surface area contributed by atoms with E-state index in [-0.39, 0.29) is 0 Å². The molecule has 76 valence electrons. The van der Waals surface area contributed by atoms with Crippen molar-refractivity contribution in [2.75, 3.05) is 33.2 Å². The molecule has 0 spiro atoms. The molecule has 0 radical (unpaired) electrons. The van der Waals surface area contributed by atoms with E-state index < -0.39 is 0 Å². The summed E-state index contributed by atoms with van der Waals surface area (Å²) in [6, 6.07) is 0. The summed E-state index contributed by atoms with van der Waals surface area (Å²) in [4.78, 5) is 2.68. The maximum Gasteiger partial charge on any atom is 0.00219 e. The zero-order chi connectivity index (χ0) is 9.10. The predicted molar refractivity (Wildman–Crippen MR) is 55.8 cm³/mol. The first-order chi connectivity index (χ1) is 6.38. The Hall–Kier alpha value is -0.0800. The summed E-state index contributed by atoms with van der Waals surface area (Å²) in [5.41, 5.74) is 0. The highest BCUT2D eigenvalue weighted by Crippen LogP contribution is 2.31. The molecule has 2 fully saturated rings. The van der Waals surface area contributed by atoms with E-state index >= 15 is 0 Å². The first-order valence-electron chi connectivity index (χ1n) is 5.75. The largest absolute Gasteiger partial charge is 0.319 e. The van der Waals surface area contributed by atoms with Crippen molar-refractivity contribution in [3.05, 3.63) is 0 Å². The van der Waals surface area contributed by atoms with Gasteiger partial charge in [0.15, 0.2) is 0 Å². The Bertz CT molecular complexity index is 152. The van der Waals surface area contributed by atoms with Gasteiger partial charge in [0.2, 0.25) is 0 Å². The third-order valence-electron chi connectivity index (χ3n) is 3.31. The molecule has 0 aromatic heterocycles. The zero-order valence-electron chi connectivity index (χ0n) is 8.76. The van der Waals surface area contributed by atoms with Gasteiger partial charge >= 0.3 is 0 Å². The third-order valence-corrected chi connectivity index (χ3v) is 3.31. The maximum absolute atomic E-state index is 3.30. The lowest BCUT2D eigenvalue weighted by Crippen LogP contribution is -2.39. The molecule has 0 bridgehead atoms. The van der Waals surface area contributed by atoms with Gasteiger partial charge in [-0.15, -0.1) is 0 Å². The SMILES string of the molecule is CNCC1CCCN(CC2CC2)C1. The molecular formula is C11H22N2. The van der Waals surface area contributed by atoms with E-state index in [0.717, 1.165) is 11.8 Å². The van der Waals surface area contributed by atoms with Crippen LogP contribution < -0.4 is 5.32 Å². The summed E-state index contributed by atoms with van der Waals surface area (Å²) in [5.74, 6) is 1.98. The molecule has 2 nitrogen and oxygen atoms in total.